The molecule has 2 aromatic rings. The van der Waals surface area contributed by atoms with Gasteiger partial charge in [-0.2, -0.15) is 0 Å². The third kappa shape index (κ3) is 3.24. The van der Waals surface area contributed by atoms with E-state index in [0.29, 0.717) is 5.76 Å². The van der Waals surface area contributed by atoms with Crippen molar-refractivity contribution in [2.24, 2.45) is 0 Å². The van der Waals surface area contributed by atoms with Crippen molar-refractivity contribution < 1.29 is 17.7 Å². The molecule has 1 heterocycles. The molecule has 0 fully saturated rings. The molecule has 0 bridgehead atoms. The molecule has 0 N–H and O–H groups in total. The number of hydrogen-bond acceptors (Lipinski definition) is 5. The van der Waals surface area contributed by atoms with Gasteiger partial charge in [0.15, 0.2) is 5.76 Å². The number of methoxy groups -OCH3 is 1. The molecule has 1 aromatic carbocycles. The first-order valence-electron chi connectivity index (χ1n) is 5.00. The molecule has 0 aliphatic carbocycles. The molecule has 0 saturated carbocycles. The van der Waals surface area contributed by atoms with Crippen molar-refractivity contribution in [1.29, 1.82) is 0 Å². The number of aromatic nitrogens is 1. The summed E-state index contributed by atoms with van der Waals surface area (Å²) in [4.78, 5) is 0. The van der Waals surface area contributed by atoms with Gasteiger partial charge in [-0.05, 0) is 24.3 Å². The van der Waals surface area contributed by atoms with Crippen LogP contribution in [0.1, 0.15) is 5.69 Å². The summed E-state index contributed by atoms with van der Waals surface area (Å²) in [5, 5.41) is 3.65. The molecule has 0 aliphatic heterocycles. The van der Waals surface area contributed by atoms with E-state index in [2.05, 4.69) is 5.16 Å². The molecule has 5 nitrogen and oxygen atoms in total. The predicted molar refractivity (Wildman–Crippen MR) is 67.0 cm³/mol. The highest BCUT2D eigenvalue weighted by Gasteiger charge is 2.13. The quantitative estimate of drug-likeness (QED) is 0.808. The van der Waals surface area contributed by atoms with Gasteiger partial charge in [0.2, 0.25) is 9.05 Å². The van der Waals surface area contributed by atoms with Crippen molar-refractivity contribution in [2.75, 3.05) is 7.11 Å². The van der Waals surface area contributed by atoms with Gasteiger partial charge in [-0.25, -0.2) is 8.42 Å². The standard InChI is InChI=1S/C11H10ClNO4S/c1-16-10-4-2-8(3-5-10)11-6-9(13-17-11)7-18(12,14)15/h2-6H,7H2,1H3. The normalized spacial score (nSPS) is 11.4. The molecule has 96 valence electrons. The predicted octanol–water partition coefficient (Wildman–Crippen LogP) is 2.42. The van der Waals surface area contributed by atoms with Crippen LogP contribution in [0.15, 0.2) is 34.9 Å². The number of rotatable bonds is 4. The van der Waals surface area contributed by atoms with Gasteiger partial charge in [0, 0.05) is 22.3 Å². The van der Waals surface area contributed by atoms with Crippen LogP contribution in [-0.4, -0.2) is 20.7 Å². The second kappa shape index (κ2) is 4.99. The van der Waals surface area contributed by atoms with Crippen LogP contribution in [0.4, 0.5) is 0 Å². The van der Waals surface area contributed by atoms with Gasteiger partial charge in [-0.15, -0.1) is 0 Å². The second-order valence-corrected chi connectivity index (χ2v) is 6.37. The molecular weight excluding hydrogens is 278 g/mol. The Labute approximate surface area is 109 Å². The largest absolute Gasteiger partial charge is 0.497 e. The minimum atomic E-state index is -3.63. The lowest BCUT2D eigenvalue weighted by molar-refractivity contribution is 0.414. The summed E-state index contributed by atoms with van der Waals surface area (Å²) in [5.74, 6) is 0.851. The number of benzene rings is 1. The average Bonchev–Trinajstić information content (AvgIpc) is 2.75. The van der Waals surface area contributed by atoms with Crippen molar-refractivity contribution in [3.05, 3.63) is 36.0 Å². The molecule has 0 aliphatic rings. The lowest BCUT2D eigenvalue weighted by atomic mass is 10.1. The van der Waals surface area contributed by atoms with Gasteiger partial charge < -0.3 is 9.26 Å². The summed E-state index contributed by atoms with van der Waals surface area (Å²) >= 11 is 0. The van der Waals surface area contributed by atoms with E-state index in [9.17, 15) is 8.42 Å². The van der Waals surface area contributed by atoms with Crippen LogP contribution >= 0.6 is 10.7 Å². The van der Waals surface area contributed by atoms with Gasteiger partial charge in [-0.3, -0.25) is 0 Å². The summed E-state index contributed by atoms with van der Waals surface area (Å²) in [7, 11) is 3.09. The molecule has 0 radical (unpaired) electrons. The molecule has 2 rings (SSSR count). The number of hydrogen-bond donors (Lipinski definition) is 0. The maximum absolute atomic E-state index is 10.9. The van der Waals surface area contributed by atoms with Crippen LogP contribution in [0.25, 0.3) is 11.3 Å². The average molecular weight is 288 g/mol. The zero-order chi connectivity index (χ0) is 13.2. The molecule has 0 spiro atoms. The molecule has 18 heavy (non-hydrogen) atoms. The zero-order valence-electron chi connectivity index (χ0n) is 9.46. The van der Waals surface area contributed by atoms with Crippen LogP contribution in [0, 0.1) is 0 Å². The Morgan fingerprint density at radius 3 is 2.56 bits per heavy atom. The number of halogens is 1. The zero-order valence-corrected chi connectivity index (χ0v) is 11.0. The third-order valence-electron chi connectivity index (χ3n) is 2.25. The Bertz CT molecular complexity index is 633. The summed E-state index contributed by atoms with van der Waals surface area (Å²) in [6.45, 7) is 0. The number of ether oxygens (including phenoxy) is 1. The second-order valence-electron chi connectivity index (χ2n) is 3.59. The minimum Gasteiger partial charge on any atom is -0.497 e. The molecule has 0 atom stereocenters. The summed E-state index contributed by atoms with van der Waals surface area (Å²) < 4.78 is 31.9. The summed E-state index contributed by atoms with van der Waals surface area (Å²) in [6, 6.07) is 8.67. The fourth-order valence-electron chi connectivity index (χ4n) is 1.45. The van der Waals surface area contributed by atoms with E-state index in [-0.39, 0.29) is 11.4 Å². The van der Waals surface area contributed by atoms with Gasteiger partial charge >= 0.3 is 0 Å². The van der Waals surface area contributed by atoms with Crippen LogP contribution in [0.5, 0.6) is 5.75 Å². The van der Waals surface area contributed by atoms with E-state index >= 15 is 0 Å². The van der Waals surface area contributed by atoms with Crippen LogP contribution in [-0.2, 0) is 14.8 Å². The van der Waals surface area contributed by atoms with Gasteiger partial charge in [-0.1, -0.05) is 5.16 Å². The Kier molecular flexibility index (Phi) is 3.58. The molecule has 0 unspecified atom stereocenters. The monoisotopic (exact) mass is 287 g/mol. The first kappa shape index (κ1) is 12.9. The van der Waals surface area contributed by atoms with Crippen molar-refractivity contribution in [3.8, 4) is 17.1 Å². The van der Waals surface area contributed by atoms with Crippen molar-refractivity contribution in [2.45, 2.75) is 5.75 Å². The van der Waals surface area contributed by atoms with Crippen molar-refractivity contribution in [3.63, 3.8) is 0 Å². The highest BCUT2D eigenvalue weighted by molar-refractivity contribution is 8.13. The lowest BCUT2D eigenvalue weighted by Gasteiger charge is -1.99. The van der Waals surface area contributed by atoms with Gasteiger partial charge in [0.1, 0.15) is 17.2 Å². The van der Waals surface area contributed by atoms with E-state index in [4.69, 9.17) is 19.9 Å². The molecule has 0 saturated heterocycles. The van der Waals surface area contributed by atoms with E-state index < -0.39 is 9.05 Å². The minimum absolute atomic E-state index is 0.274. The maximum atomic E-state index is 10.9. The van der Waals surface area contributed by atoms with Crippen molar-refractivity contribution in [1.82, 2.24) is 5.16 Å². The van der Waals surface area contributed by atoms with Crippen LogP contribution in [0.2, 0.25) is 0 Å². The smallest absolute Gasteiger partial charge is 0.238 e. The Morgan fingerprint density at radius 2 is 2.00 bits per heavy atom. The fraction of sp³-hybridized carbons (Fsp3) is 0.182. The van der Waals surface area contributed by atoms with E-state index in [1.807, 2.05) is 0 Å². The SMILES string of the molecule is COc1ccc(-c2cc(CS(=O)(=O)Cl)no2)cc1. The lowest BCUT2D eigenvalue weighted by Crippen LogP contribution is -1.94. The van der Waals surface area contributed by atoms with E-state index in [0.717, 1.165) is 11.3 Å². The third-order valence-corrected chi connectivity index (χ3v) is 3.22. The molecular formula is C11H10ClNO4S. The topological polar surface area (TPSA) is 69.4 Å². The summed E-state index contributed by atoms with van der Waals surface area (Å²) in [5.41, 5.74) is 1.05. The van der Waals surface area contributed by atoms with Crippen molar-refractivity contribution >= 4 is 19.7 Å². The first-order valence-corrected chi connectivity index (χ1v) is 7.48. The summed E-state index contributed by atoms with van der Waals surface area (Å²) in [6.07, 6.45) is 0. The van der Waals surface area contributed by atoms with Gasteiger partial charge in [0.25, 0.3) is 0 Å². The van der Waals surface area contributed by atoms with E-state index in [1.165, 1.54) is 0 Å². The Morgan fingerprint density at radius 1 is 1.33 bits per heavy atom. The van der Waals surface area contributed by atoms with E-state index in [1.54, 1.807) is 37.4 Å². The Balaban J connectivity index is 2.23. The molecule has 1 aromatic heterocycles. The molecule has 7 heteroatoms. The van der Waals surface area contributed by atoms with Crippen LogP contribution in [0.3, 0.4) is 0 Å². The number of nitrogens with zero attached hydrogens (tertiary/aromatic N) is 1. The Hall–Kier alpha value is -1.53. The first-order chi connectivity index (χ1) is 8.48. The highest BCUT2D eigenvalue weighted by Crippen LogP contribution is 2.23. The highest BCUT2D eigenvalue weighted by atomic mass is 35.7. The van der Waals surface area contributed by atoms with Crippen LogP contribution < -0.4 is 4.74 Å². The molecule has 0 amide bonds. The maximum Gasteiger partial charge on any atom is 0.238 e. The fourth-order valence-corrected chi connectivity index (χ4v) is 2.27. The van der Waals surface area contributed by atoms with Gasteiger partial charge in [0.05, 0.1) is 7.11 Å².